The maximum absolute atomic E-state index is 12.6. The van der Waals surface area contributed by atoms with Gasteiger partial charge < -0.3 is 15.5 Å². The van der Waals surface area contributed by atoms with Crippen LogP contribution in [0.5, 0.6) is 0 Å². The Labute approximate surface area is 166 Å². The number of nitrogen functional groups attached to an aromatic ring is 1. The highest BCUT2D eigenvalue weighted by Crippen LogP contribution is 2.35. The number of carbonyl (C=O) groups excluding carboxylic acids is 1. The number of nitrogens with one attached hydrogen (secondary N) is 1. The molecule has 2 aromatic heterocycles. The Morgan fingerprint density at radius 1 is 1.26 bits per heavy atom. The molecule has 3 rings (SSSR count). The second-order valence-corrected chi connectivity index (χ2v) is 6.62. The SMILES string of the molecule is CCOC(=O)c1cc(-c2nc(N)ncc2Cl)[nH]c1-c1cc(Cl)ccc1CC. The fraction of sp³-hybridized carbons (Fsp3) is 0.211. The van der Waals surface area contributed by atoms with Gasteiger partial charge in [0.1, 0.15) is 5.69 Å². The monoisotopic (exact) mass is 404 g/mol. The number of hydrogen-bond donors (Lipinski definition) is 2. The minimum atomic E-state index is -0.449. The van der Waals surface area contributed by atoms with Gasteiger partial charge in [-0.1, -0.05) is 36.2 Å². The number of H-pyrrole nitrogens is 1. The fourth-order valence-corrected chi connectivity index (χ4v) is 3.19. The van der Waals surface area contributed by atoms with Crippen molar-refractivity contribution in [2.75, 3.05) is 12.3 Å². The first kappa shape index (κ1) is 19.2. The normalized spacial score (nSPS) is 10.8. The Morgan fingerprint density at radius 2 is 2.04 bits per heavy atom. The van der Waals surface area contributed by atoms with E-state index in [2.05, 4.69) is 15.0 Å². The van der Waals surface area contributed by atoms with Crippen LogP contribution in [0.25, 0.3) is 22.6 Å². The van der Waals surface area contributed by atoms with Crippen molar-refractivity contribution in [2.45, 2.75) is 20.3 Å². The summed E-state index contributed by atoms with van der Waals surface area (Å²) >= 11 is 12.4. The second-order valence-electron chi connectivity index (χ2n) is 5.77. The first-order valence-electron chi connectivity index (χ1n) is 8.41. The zero-order valence-corrected chi connectivity index (χ0v) is 16.4. The van der Waals surface area contributed by atoms with E-state index in [1.165, 1.54) is 6.20 Å². The molecule has 8 heteroatoms. The molecule has 0 atom stereocenters. The number of esters is 1. The van der Waals surface area contributed by atoms with Crippen LogP contribution in [0.15, 0.2) is 30.5 Å². The molecule has 27 heavy (non-hydrogen) atoms. The number of aromatic nitrogens is 3. The Morgan fingerprint density at radius 3 is 2.74 bits per heavy atom. The number of aromatic amines is 1. The number of anilines is 1. The molecule has 0 radical (unpaired) electrons. The van der Waals surface area contributed by atoms with E-state index in [-0.39, 0.29) is 12.6 Å². The lowest BCUT2D eigenvalue weighted by Gasteiger charge is -2.09. The van der Waals surface area contributed by atoms with Gasteiger partial charge in [0.25, 0.3) is 0 Å². The van der Waals surface area contributed by atoms with Crippen LogP contribution in [0, 0.1) is 0 Å². The highest BCUT2D eigenvalue weighted by Gasteiger charge is 2.22. The Kier molecular flexibility index (Phi) is 5.68. The lowest BCUT2D eigenvalue weighted by Crippen LogP contribution is -2.05. The number of hydrogen-bond acceptors (Lipinski definition) is 5. The summed E-state index contributed by atoms with van der Waals surface area (Å²) in [7, 11) is 0. The van der Waals surface area contributed by atoms with E-state index in [1.54, 1.807) is 13.0 Å². The standard InChI is InChI=1S/C19H18Cl2N4O2/c1-3-10-5-6-11(20)7-12(10)16-13(18(26)27-4-2)8-15(24-16)17-14(21)9-23-19(22)25-17/h5-9,24H,3-4H2,1-2H3,(H2,22,23,25). The number of halogens is 2. The molecule has 3 N–H and O–H groups in total. The Balaban J connectivity index is 2.24. The van der Waals surface area contributed by atoms with Gasteiger partial charge in [-0.05, 0) is 37.1 Å². The minimum absolute atomic E-state index is 0.0836. The van der Waals surface area contributed by atoms with Crippen LogP contribution < -0.4 is 5.73 Å². The molecule has 0 saturated heterocycles. The molecule has 0 bridgehead atoms. The quantitative estimate of drug-likeness (QED) is 0.597. The molecule has 1 aromatic carbocycles. The van der Waals surface area contributed by atoms with E-state index >= 15 is 0 Å². The number of aryl methyl sites for hydroxylation is 1. The molecular weight excluding hydrogens is 387 g/mol. The molecule has 140 valence electrons. The van der Waals surface area contributed by atoms with E-state index in [1.807, 2.05) is 25.1 Å². The first-order valence-corrected chi connectivity index (χ1v) is 9.17. The molecule has 2 heterocycles. The van der Waals surface area contributed by atoms with Crippen molar-refractivity contribution in [2.24, 2.45) is 0 Å². The van der Waals surface area contributed by atoms with Crippen LogP contribution in [0.2, 0.25) is 10.0 Å². The van der Waals surface area contributed by atoms with Crippen LogP contribution in [-0.4, -0.2) is 27.5 Å². The zero-order chi connectivity index (χ0) is 19.6. The van der Waals surface area contributed by atoms with E-state index in [0.717, 1.165) is 17.5 Å². The number of nitrogens with two attached hydrogens (primary N) is 1. The van der Waals surface area contributed by atoms with Crippen LogP contribution in [0.4, 0.5) is 5.95 Å². The number of nitrogens with zero attached hydrogens (tertiary/aromatic N) is 2. The molecule has 0 fully saturated rings. The van der Waals surface area contributed by atoms with Gasteiger partial charge in [0.05, 0.1) is 34.8 Å². The summed E-state index contributed by atoms with van der Waals surface area (Å²) in [6, 6.07) is 7.22. The van der Waals surface area contributed by atoms with Crippen molar-refractivity contribution in [1.29, 1.82) is 0 Å². The molecule has 3 aromatic rings. The number of rotatable bonds is 5. The maximum atomic E-state index is 12.6. The lowest BCUT2D eigenvalue weighted by molar-refractivity contribution is 0.0527. The van der Waals surface area contributed by atoms with Gasteiger partial charge in [-0.15, -0.1) is 0 Å². The van der Waals surface area contributed by atoms with Crippen molar-refractivity contribution in [3.8, 4) is 22.6 Å². The van der Waals surface area contributed by atoms with Crippen molar-refractivity contribution in [3.05, 3.63) is 51.6 Å². The second kappa shape index (κ2) is 7.98. The van der Waals surface area contributed by atoms with Crippen LogP contribution in [0.1, 0.15) is 29.8 Å². The van der Waals surface area contributed by atoms with Crippen molar-refractivity contribution in [3.63, 3.8) is 0 Å². The summed E-state index contributed by atoms with van der Waals surface area (Å²) in [5, 5.41) is 0.881. The van der Waals surface area contributed by atoms with E-state index in [9.17, 15) is 4.79 Å². The molecule has 0 spiro atoms. The highest BCUT2D eigenvalue weighted by atomic mass is 35.5. The molecular formula is C19H18Cl2N4O2. The molecule has 0 unspecified atom stereocenters. The number of ether oxygens (including phenoxy) is 1. The fourth-order valence-electron chi connectivity index (χ4n) is 2.82. The predicted octanol–water partition coefficient (Wildman–Crippen LogP) is 4.77. The summed E-state index contributed by atoms with van der Waals surface area (Å²) in [5.41, 5.74) is 9.45. The van der Waals surface area contributed by atoms with Crippen molar-refractivity contribution >= 4 is 35.1 Å². The van der Waals surface area contributed by atoms with Crippen molar-refractivity contribution in [1.82, 2.24) is 15.0 Å². The van der Waals surface area contributed by atoms with Gasteiger partial charge in [-0.2, -0.15) is 0 Å². The van der Waals surface area contributed by atoms with E-state index in [0.29, 0.717) is 32.7 Å². The third-order valence-electron chi connectivity index (χ3n) is 4.05. The van der Waals surface area contributed by atoms with E-state index in [4.69, 9.17) is 33.7 Å². The van der Waals surface area contributed by atoms with Crippen LogP contribution >= 0.6 is 23.2 Å². The molecule has 0 aliphatic heterocycles. The van der Waals surface area contributed by atoms with Gasteiger partial charge in [0.15, 0.2) is 0 Å². The summed E-state index contributed by atoms with van der Waals surface area (Å²) in [4.78, 5) is 23.8. The van der Waals surface area contributed by atoms with Crippen LogP contribution in [0.3, 0.4) is 0 Å². The lowest BCUT2D eigenvalue weighted by atomic mass is 10.00. The Bertz CT molecular complexity index is 1000. The summed E-state index contributed by atoms with van der Waals surface area (Å²) in [6.45, 7) is 4.04. The van der Waals surface area contributed by atoms with Gasteiger partial charge in [0, 0.05) is 10.6 Å². The summed E-state index contributed by atoms with van der Waals surface area (Å²) < 4.78 is 5.21. The third-order valence-corrected chi connectivity index (χ3v) is 4.56. The van der Waals surface area contributed by atoms with Gasteiger partial charge in [0.2, 0.25) is 5.95 Å². The zero-order valence-electron chi connectivity index (χ0n) is 14.8. The van der Waals surface area contributed by atoms with Crippen LogP contribution in [-0.2, 0) is 11.2 Å². The number of carbonyl (C=O) groups is 1. The average molecular weight is 405 g/mol. The minimum Gasteiger partial charge on any atom is -0.462 e. The van der Waals surface area contributed by atoms with Gasteiger partial charge >= 0.3 is 5.97 Å². The highest BCUT2D eigenvalue weighted by molar-refractivity contribution is 6.33. The van der Waals surface area contributed by atoms with E-state index < -0.39 is 5.97 Å². The average Bonchev–Trinajstić information content (AvgIpc) is 3.09. The maximum Gasteiger partial charge on any atom is 0.340 e. The topological polar surface area (TPSA) is 93.9 Å². The van der Waals surface area contributed by atoms with Gasteiger partial charge in [-0.3, -0.25) is 0 Å². The molecule has 6 nitrogen and oxygen atoms in total. The number of benzene rings is 1. The molecule has 0 amide bonds. The predicted molar refractivity (Wildman–Crippen MR) is 107 cm³/mol. The summed E-state index contributed by atoms with van der Waals surface area (Å²) in [6.07, 6.45) is 2.19. The molecule has 0 saturated carbocycles. The van der Waals surface area contributed by atoms with Crippen molar-refractivity contribution < 1.29 is 9.53 Å². The first-order chi connectivity index (χ1) is 12.9. The molecule has 0 aliphatic rings. The molecule has 0 aliphatic carbocycles. The smallest absolute Gasteiger partial charge is 0.340 e. The van der Waals surface area contributed by atoms with Gasteiger partial charge in [-0.25, -0.2) is 14.8 Å². The largest absolute Gasteiger partial charge is 0.462 e. The summed E-state index contributed by atoms with van der Waals surface area (Å²) in [5.74, 6) is -0.365. The third kappa shape index (κ3) is 3.91. The Hall–Kier alpha value is -2.57.